The monoisotopic (exact) mass is 409 g/mol. The fraction of sp³-hybridized carbons (Fsp3) is 0.294. The summed E-state index contributed by atoms with van der Waals surface area (Å²) in [6.07, 6.45) is -0.593. The number of methoxy groups -OCH3 is 1. The van der Waals surface area contributed by atoms with Crippen LogP contribution in [0.5, 0.6) is 0 Å². The zero-order chi connectivity index (χ0) is 19.8. The maximum absolute atomic E-state index is 12.2. The van der Waals surface area contributed by atoms with Gasteiger partial charge in [-0.3, -0.25) is 14.4 Å². The molecule has 10 heteroatoms. The molecule has 2 atom stereocenters. The summed E-state index contributed by atoms with van der Waals surface area (Å²) in [6.45, 7) is 0. The predicted octanol–water partition coefficient (Wildman–Crippen LogP) is 2.01. The Morgan fingerprint density at radius 3 is 2.48 bits per heavy atom. The lowest BCUT2D eigenvalue weighted by molar-refractivity contribution is -0.155. The third-order valence-corrected chi connectivity index (χ3v) is 6.84. The van der Waals surface area contributed by atoms with Crippen LogP contribution in [0.1, 0.15) is 33.1 Å². The SMILES string of the molecule is COC(=O)c1ccc([C@H]2c3sc(=O)[nH]c3SC[C@]2(CC(=O)O)C(=O)O)cc1. The number of aliphatic carboxylic acids is 2. The minimum atomic E-state index is -1.62. The number of nitrogens with one attached hydrogen (secondary N) is 1. The first-order valence-corrected chi connectivity index (χ1v) is 9.58. The van der Waals surface area contributed by atoms with Gasteiger partial charge in [-0.25, -0.2) is 4.79 Å². The van der Waals surface area contributed by atoms with Crippen LogP contribution in [0.4, 0.5) is 0 Å². The first-order valence-electron chi connectivity index (χ1n) is 7.78. The number of fused-ring (bicyclic) bond motifs is 1. The lowest BCUT2D eigenvalue weighted by atomic mass is 9.70. The van der Waals surface area contributed by atoms with Gasteiger partial charge in [-0.2, -0.15) is 0 Å². The number of hydrogen-bond donors (Lipinski definition) is 3. The number of benzene rings is 1. The normalized spacial score (nSPS) is 21.3. The number of carboxylic acid groups (broad SMARTS) is 2. The molecule has 1 aliphatic heterocycles. The van der Waals surface area contributed by atoms with Crippen LogP contribution in [0.3, 0.4) is 0 Å². The van der Waals surface area contributed by atoms with E-state index in [1.54, 1.807) is 12.1 Å². The molecule has 0 radical (unpaired) electrons. The minimum absolute atomic E-state index is 0.00226. The van der Waals surface area contributed by atoms with Crippen LogP contribution in [0.2, 0.25) is 0 Å². The van der Waals surface area contributed by atoms with Gasteiger partial charge in [0.1, 0.15) is 0 Å². The van der Waals surface area contributed by atoms with Gasteiger partial charge in [-0.05, 0) is 17.7 Å². The Morgan fingerprint density at radius 1 is 1.26 bits per heavy atom. The van der Waals surface area contributed by atoms with E-state index < -0.39 is 35.7 Å². The molecule has 2 heterocycles. The molecule has 1 aromatic carbocycles. The van der Waals surface area contributed by atoms with Crippen molar-refractivity contribution in [2.24, 2.45) is 5.41 Å². The molecule has 0 aliphatic carbocycles. The number of aromatic nitrogens is 1. The van der Waals surface area contributed by atoms with Crippen LogP contribution in [-0.4, -0.2) is 46.0 Å². The summed E-state index contributed by atoms with van der Waals surface area (Å²) in [7, 11) is 1.25. The van der Waals surface area contributed by atoms with Gasteiger partial charge in [0.2, 0.25) is 0 Å². The van der Waals surface area contributed by atoms with Gasteiger partial charge < -0.3 is 19.9 Å². The molecule has 1 aromatic heterocycles. The van der Waals surface area contributed by atoms with Crippen LogP contribution >= 0.6 is 23.1 Å². The van der Waals surface area contributed by atoms with Crippen molar-refractivity contribution in [3.05, 3.63) is 49.9 Å². The third kappa shape index (κ3) is 3.37. The lowest BCUT2D eigenvalue weighted by Gasteiger charge is -2.39. The molecule has 3 N–H and O–H groups in total. The number of hydrogen-bond acceptors (Lipinski definition) is 7. The van der Waals surface area contributed by atoms with E-state index in [9.17, 15) is 29.4 Å². The van der Waals surface area contributed by atoms with Crippen molar-refractivity contribution in [1.82, 2.24) is 4.98 Å². The first-order chi connectivity index (χ1) is 12.8. The van der Waals surface area contributed by atoms with E-state index in [4.69, 9.17) is 0 Å². The number of thiazole rings is 1. The van der Waals surface area contributed by atoms with Crippen LogP contribution in [-0.2, 0) is 14.3 Å². The van der Waals surface area contributed by atoms with Gasteiger partial charge in [-0.1, -0.05) is 23.5 Å². The molecule has 2 aromatic rings. The second kappa shape index (κ2) is 7.20. The molecule has 0 fully saturated rings. The van der Waals surface area contributed by atoms with Crippen LogP contribution in [0.25, 0.3) is 0 Å². The Labute approximate surface area is 161 Å². The molecule has 8 nitrogen and oxygen atoms in total. The maximum atomic E-state index is 12.2. The quantitative estimate of drug-likeness (QED) is 0.639. The van der Waals surface area contributed by atoms with Crippen molar-refractivity contribution in [3.63, 3.8) is 0 Å². The van der Waals surface area contributed by atoms with Gasteiger partial charge in [0.15, 0.2) is 0 Å². The van der Waals surface area contributed by atoms with E-state index in [1.807, 2.05) is 0 Å². The number of rotatable bonds is 5. The number of H-pyrrole nitrogens is 1. The van der Waals surface area contributed by atoms with E-state index >= 15 is 0 Å². The Hall–Kier alpha value is -2.59. The Kier molecular flexibility index (Phi) is 5.11. The van der Waals surface area contributed by atoms with Gasteiger partial charge >= 0.3 is 22.8 Å². The summed E-state index contributed by atoms with van der Waals surface area (Å²) in [6, 6.07) is 6.12. The van der Waals surface area contributed by atoms with Crippen molar-refractivity contribution in [3.8, 4) is 0 Å². The van der Waals surface area contributed by atoms with E-state index in [1.165, 1.54) is 19.2 Å². The number of carboxylic acids is 2. The highest BCUT2D eigenvalue weighted by Gasteiger charge is 2.53. The number of esters is 1. The molecule has 0 unspecified atom stereocenters. The Morgan fingerprint density at radius 2 is 1.93 bits per heavy atom. The molecule has 142 valence electrons. The predicted molar refractivity (Wildman–Crippen MR) is 97.6 cm³/mol. The zero-order valence-electron chi connectivity index (χ0n) is 14.1. The average molecular weight is 409 g/mol. The van der Waals surface area contributed by atoms with Crippen molar-refractivity contribution >= 4 is 41.0 Å². The van der Waals surface area contributed by atoms with Crippen molar-refractivity contribution in [1.29, 1.82) is 0 Å². The molecule has 27 heavy (non-hydrogen) atoms. The Bertz CT molecular complexity index is 962. The van der Waals surface area contributed by atoms with Crippen LogP contribution in [0, 0.1) is 5.41 Å². The highest BCUT2D eigenvalue weighted by molar-refractivity contribution is 7.99. The van der Waals surface area contributed by atoms with Crippen LogP contribution < -0.4 is 4.87 Å². The summed E-state index contributed by atoms with van der Waals surface area (Å²) < 4.78 is 4.65. The standard InChI is InChI=1S/C17H15NO7S2/c1-25-14(21)9-4-2-8(3-5-9)11-12-13(18-16(24)27-12)26-7-17(11,15(22)23)6-10(19)20/h2-5,11H,6-7H2,1H3,(H,18,24)(H,19,20)(H,22,23)/t11-,17-/m0/s1. The number of aromatic amines is 1. The van der Waals surface area contributed by atoms with Gasteiger partial charge in [0.05, 0.1) is 29.5 Å². The van der Waals surface area contributed by atoms with E-state index in [2.05, 4.69) is 9.72 Å². The highest BCUT2D eigenvalue weighted by Crippen LogP contribution is 2.54. The number of ether oxygens (including phenoxy) is 1. The molecular formula is C17H15NO7S2. The van der Waals surface area contributed by atoms with Gasteiger partial charge in [0.25, 0.3) is 0 Å². The second-order valence-corrected chi connectivity index (χ2v) is 8.08. The first kappa shape index (κ1) is 19.2. The summed E-state index contributed by atoms with van der Waals surface area (Å²) in [5, 5.41) is 19.8. The fourth-order valence-corrected chi connectivity index (χ4v) is 5.80. The molecular weight excluding hydrogens is 394 g/mol. The molecule has 0 saturated heterocycles. The summed E-state index contributed by atoms with van der Waals surface area (Å²) in [5.41, 5.74) is -0.822. The molecule has 0 saturated carbocycles. The van der Waals surface area contributed by atoms with E-state index in [0.717, 1.165) is 23.1 Å². The smallest absolute Gasteiger partial charge is 0.337 e. The molecule has 3 rings (SSSR count). The van der Waals surface area contributed by atoms with E-state index in [0.29, 0.717) is 15.5 Å². The molecule has 0 spiro atoms. The molecule has 1 aliphatic rings. The number of carbonyl (C=O) groups excluding carboxylic acids is 1. The van der Waals surface area contributed by atoms with Gasteiger partial charge in [-0.15, -0.1) is 11.8 Å². The Balaban J connectivity index is 2.18. The van der Waals surface area contributed by atoms with Crippen molar-refractivity contribution in [2.75, 3.05) is 12.9 Å². The number of thioether (sulfide) groups is 1. The minimum Gasteiger partial charge on any atom is -0.481 e. The maximum Gasteiger partial charge on any atom is 0.337 e. The lowest BCUT2D eigenvalue weighted by Crippen LogP contribution is -2.44. The number of carbonyl (C=O) groups is 3. The second-order valence-electron chi connectivity index (χ2n) is 6.07. The third-order valence-electron chi connectivity index (χ3n) is 4.49. The summed E-state index contributed by atoms with van der Waals surface area (Å²) in [4.78, 5) is 50.0. The van der Waals surface area contributed by atoms with Crippen molar-refractivity contribution in [2.45, 2.75) is 17.4 Å². The van der Waals surface area contributed by atoms with Gasteiger partial charge in [0, 0.05) is 16.5 Å². The zero-order valence-corrected chi connectivity index (χ0v) is 15.7. The summed E-state index contributed by atoms with van der Waals surface area (Å²) in [5.74, 6) is -3.86. The topological polar surface area (TPSA) is 134 Å². The fourth-order valence-electron chi connectivity index (χ4n) is 3.24. The van der Waals surface area contributed by atoms with E-state index in [-0.39, 0.29) is 16.2 Å². The van der Waals surface area contributed by atoms with Crippen LogP contribution in [0.15, 0.2) is 34.1 Å². The summed E-state index contributed by atoms with van der Waals surface area (Å²) >= 11 is 2.01. The average Bonchev–Trinajstić information content (AvgIpc) is 3.00. The molecule has 0 bridgehead atoms. The molecule has 0 amide bonds. The highest BCUT2D eigenvalue weighted by atomic mass is 32.2. The largest absolute Gasteiger partial charge is 0.481 e. The van der Waals surface area contributed by atoms with Crippen molar-refractivity contribution < 1.29 is 29.3 Å².